The van der Waals surface area contributed by atoms with Crippen LogP contribution in [0.3, 0.4) is 0 Å². The highest BCUT2D eigenvalue weighted by molar-refractivity contribution is 5.97. The lowest BCUT2D eigenvalue weighted by Crippen LogP contribution is -2.42. The summed E-state index contributed by atoms with van der Waals surface area (Å²) in [6.45, 7) is 4.68. The van der Waals surface area contributed by atoms with E-state index in [0.717, 1.165) is 12.8 Å². The van der Waals surface area contributed by atoms with Crippen molar-refractivity contribution in [3.05, 3.63) is 29.8 Å². The monoisotopic (exact) mass is 290 g/mol. The topological polar surface area (TPSA) is 69.6 Å². The molecule has 5 heteroatoms. The van der Waals surface area contributed by atoms with Gasteiger partial charge in [0, 0.05) is 30.3 Å². The number of hydrogen-bond acceptors (Lipinski definition) is 3. The van der Waals surface area contributed by atoms with E-state index in [1.165, 1.54) is 0 Å². The van der Waals surface area contributed by atoms with Gasteiger partial charge in [-0.1, -0.05) is 19.9 Å². The first-order valence-electron chi connectivity index (χ1n) is 7.35. The van der Waals surface area contributed by atoms with Crippen LogP contribution in [-0.2, 0) is 4.79 Å². The van der Waals surface area contributed by atoms with Gasteiger partial charge in [-0.3, -0.25) is 9.59 Å². The van der Waals surface area contributed by atoms with E-state index in [9.17, 15) is 14.7 Å². The number of nitrogens with one attached hydrogen (secondary N) is 1. The Morgan fingerprint density at radius 1 is 1.38 bits per heavy atom. The van der Waals surface area contributed by atoms with E-state index in [1.54, 1.807) is 29.2 Å². The smallest absolute Gasteiger partial charge is 0.254 e. The highest BCUT2D eigenvalue weighted by Crippen LogP contribution is 2.17. The van der Waals surface area contributed by atoms with E-state index in [-0.39, 0.29) is 17.7 Å². The number of aliphatic hydroxyl groups is 1. The van der Waals surface area contributed by atoms with Crippen LogP contribution in [0.25, 0.3) is 0 Å². The summed E-state index contributed by atoms with van der Waals surface area (Å²) in [4.78, 5) is 25.8. The molecule has 1 aromatic carbocycles. The van der Waals surface area contributed by atoms with Crippen molar-refractivity contribution in [1.29, 1.82) is 0 Å². The second-order valence-electron chi connectivity index (χ2n) is 5.77. The number of piperidine rings is 1. The van der Waals surface area contributed by atoms with Crippen molar-refractivity contribution < 1.29 is 14.7 Å². The Hall–Kier alpha value is -1.88. The Morgan fingerprint density at radius 2 is 2.14 bits per heavy atom. The van der Waals surface area contributed by atoms with Crippen LogP contribution in [0.1, 0.15) is 37.0 Å². The maximum Gasteiger partial charge on any atom is 0.254 e. The normalized spacial score (nSPS) is 18.7. The highest BCUT2D eigenvalue weighted by atomic mass is 16.3. The molecule has 1 atom stereocenters. The van der Waals surface area contributed by atoms with Crippen molar-refractivity contribution in [3.8, 4) is 0 Å². The minimum atomic E-state index is -0.438. The molecule has 1 aliphatic heterocycles. The fourth-order valence-corrected chi connectivity index (χ4v) is 2.34. The minimum absolute atomic E-state index is 0.0759. The zero-order valence-corrected chi connectivity index (χ0v) is 12.5. The number of nitrogens with zero attached hydrogens (tertiary/aromatic N) is 1. The Balaban J connectivity index is 2.09. The quantitative estimate of drug-likeness (QED) is 0.893. The number of likely N-dealkylation sites (tertiary alicyclic amines) is 1. The summed E-state index contributed by atoms with van der Waals surface area (Å²) in [5.74, 6) is -0.288. The zero-order valence-electron chi connectivity index (χ0n) is 12.5. The number of amides is 2. The molecule has 2 N–H and O–H groups in total. The maximum atomic E-state index is 12.4. The molecule has 1 aliphatic rings. The first kappa shape index (κ1) is 15.5. The van der Waals surface area contributed by atoms with Crippen LogP contribution in [-0.4, -0.2) is 41.0 Å². The predicted molar refractivity (Wildman–Crippen MR) is 81.1 cm³/mol. The van der Waals surface area contributed by atoms with Crippen LogP contribution >= 0.6 is 0 Å². The summed E-state index contributed by atoms with van der Waals surface area (Å²) in [5, 5.41) is 12.4. The van der Waals surface area contributed by atoms with Crippen molar-refractivity contribution in [2.24, 2.45) is 5.92 Å². The lowest BCUT2D eigenvalue weighted by atomic mass is 10.1. The molecular weight excluding hydrogens is 268 g/mol. The first-order chi connectivity index (χ1) is 9.97. The van der Waals surface area contributed by atoms with E-state index >= 15 is 0 Å². The van der Waals surface area contributed by atoms with E-state index in [0.29, 0.717) is 24.3 Å². The second-order valence-corrected chi connectivity index (χ2v) is 5.77. The Labute approximate surface area is 125 Å². The molecule has 2 rings (SSSR count). The molecule has 1 aromatic rings. The van der Waals surface area contributed by atoms with Crippen LogP contribution in [0.2, 0.25) is 0 Å². The third kappa shape index (κ3) is 4.04. The molecule has 1 fully saturated rings. The van der Waals surface area contributed by atoms with Gasteiger partial charge in [-0.15, -0.1) is 0 Å². The second kappa shape index (κ2) is 6.72. The minimum Gasteiger partial charge on any atom is -0.391 e. The molecule has 0 spiro atoms. The number of β-amino-alcohol motifs (C(OH)–C–C–N with tert-alkyl or cyclic N) is 1. The highest BCUT2D eigenvalue weighted by Gasteiger charge is 2.23. The van der Waals surface area contributed by atoms with Gasteiger partial charge in [-0.2, -0.15) is 0 Å². The van der Waals surface area contributed by atoms with Crippen molar-refractivity contribution in [3.63, 3.8) is 0 Å². The summed E-state index contributed by atoms with van der Waals surface area (Å²) in [7, 11) is 0. The van der Waals surface area contributed by atoms with Crippen LogP contribution in [0.15, 0.2) is 24.3 Å². The summed E-state index contributed by atoms with van der Waals surface area (Å²) in [5.41, 5.74) is 1.16. The number of anilines is 1. The van der Waals surface area contributed by atoms with Crippen molar-refractivity contribution in [2.45, 2.75) is 32.8 Å². The van der Waals surface area contributed by atoms with Gasteiger partial charge in [-0.25, -0.2) is 0 Å². The third-order valence-corrected chi connectivity index (χ3v) is 3.59. The van der Waals surface area contributed by atoms with E-state index in [1.807, 2.05) is 13.8 Å². The molecule has 0 radical (unpaired) electrons. The molecule has 0 saturated carbocycles. The van der Waals surface area contributed by atoms with E-state index in [4.69, 9.17) is 0 Å². The van der Waals surface area contributed by atoms with Gasteiger partial charge in [0.05, 0.1) is 6.10 Å². The van der Waals surface area contributed by atoms with Crippen molar-refractivity contribution >= 4 is 17.5 Å². The van der Waals surface area contributed by atoms with Crippen LogP contribution in [0.4, 0.5) is 5.69 Å². The molecule has 0 aromatic heterocycles. The molecule has 21 heavy (non-hydrogen) atoms. The fourth-order valence-electron chi connectivity index (χ4n) is 2.34. The Morgan fingerprint density at radius 3 is 2.81 bits per heavy atom. The molecule has 114 valence electrons. The molecule has 1 heterocycles. The predicted octanol–water partition coefficient (Wildman–Crippen LogP) is 1.88. The molecule has 1 saturated heterocycles. The van der Waals surface area contributed by atoms with Crippen molar-refractivity contribution in [2.75, 3.05) is 18.4 Å². The number of benzene rings is 1. The zero-order chi connectivity index (χ0) is 15.4. The summed E-state index contributed by atoms with van der Waals surface area (Å²) < 4.78 is 0. The maximum absolute atomic E-state index is 12.4. The summed E-state index contributed by atoms with van der Waals surface area (Å²) in [6, 6.07) is 6.93. The molecule has 1 unspecified atom stereocenters. The van der Waals surface area contributed by atoms with Gasteiger partial charge in [0.2, 0.25) is 5.91 Å². The average molecular weight is 290 g/mol. The third-order valence-electron chi connectivity index (χ3n) is 3.59. The van der Waals surface area contributed by atoms with Gasteiger partial charge in [-0.05, 0) is 31.0 Å². The molecular formula is C16H22N2O3. The van der Waals surface area contributed by atoms with Crippen LogP contribution < -0.4 is 5.32 Å². The lowest BCUT2D eigenvalue weighted by molar-refractivity contribution is -0.118. The average Bonchev–Trinajstić information content (AvgIpc) is 2.46. The fraction of sp³-hybridized carbons (Fsp3) is 0.500. The van der Waals surface area contributed by atoms with Gasteiger partial charge >= 0.3 is 0 Å². The van der Waals surface area contributed by atoms with Gasteiger partial charge in [0.25, 0.3) is 5.91 Å². The Kier molecular flexibility index (Phi) is 4.96. The van der Waals surface area contributed by atoms with E-state index < -0.39 is 6.10 Å². The number of carbonyl (C=O) groups is 2. The van der Waals surface area contributed by atoms with Gasteiger partial charge in [0.1, 0.15) is 0 Å². The SMILES string of the molecule is CC(C)C(=O)Nc1cccc(C(=O)N2CCCC(O)C2)c1. The van der Waals surface area contributed by atoms with E-state index in [2.05, 4.69) is 5.32 Å². The molecule has 0 aliphatic carbocycles. The number of aliphatic hydroxyl groups excluding tert-OH is 1. The number of hydrogen-bond donors (Lipinski definition) is 2. The van der Waals surface area contributed by atoms with Crippen LogP contribution in [0, 0.1) is 5.92 Å². The number of rotatable bonds is 3. The summed E-state index contributed by atoms with van der Waals surface area (Å²) in [6.07, 6.45) is 1.12. The molecule has 5 nitrogen and oxygen atoms in total. The molecule has 0 bridgehead atoms. The van der Waals surface area contributed by atoms with Gasteiger partial charge in [0.15, 0.2) is 0 Å². The standard InChI is InChI=1S/C16H22N2O3/c1-11(2)15(20)17-13-6-3-5-12(9-13)16(21)18-8-4-7-14(19)10-18/h3,5-6,9,11,14,19H,4,7-8,10H2,1-2H3,(H,17,20). The summed E-state index contributed by atoms with van der Waals surface area (Å²) >= 11 is 0. The Bertz CT molecular complexity index is 528. The van der Waals surface area contributed by atoms with Crippen LogP contribution in [0.5, 0.6) is 0 Å². The number of carbonyl (C=O) groups excluding carboxylic acids is 2. The van der Waals surface area contributed by atoms with Gasteiger partial charge < -0.3 is 15.3 Å². The first-order valence-corrected chi connectivity index (χ1v) is 7.35. The molecule has 2 amide bonds. The lowest BCUT2D eigenvalue weighted by Gasteiger charge is -2.30. The van der Waals surface area contributed by atoms with Crippen molar-refractivity contribution in [1.82, 2.24) is 4.90 Å². The largest absolute Gasteiger partial charge is 0.391 e.